The second kappa shape index (κ2) is 9.48. The van der Waals surface area contributed by atoms with Crippen molar-refractivity contribution in [2.45, 2.75) is 32.6 Å². The first-order valence-electron chi connectivity index (χ1n) is 7.26. The van der Waals surface area contributed by atoms with Gasteiger partial charge in [0, 0.05) is 0 Å². The van der Waals surface area contributed by atoms with Crippen molar-refractivity contribution in [3.05, 3.63) is 17.7 Å². The van der Waals surface area contributed by atoms with E-state index in [-0.39, 0.29) is 0 Å². The van der Waals surface area contributed by atoms with Crippen molar-refractivity contribution < 1.29 is 14.2 Å². The van der Waals surface area contributed by atoms with E-state index < -0.39 is 0 Å². The van der Waals surface area contributed by atoms with Gasteiger partial charge in [-0.2, -0.15) is 0 Å². The molecule has 1 rings (SSSR count). The van der Waals surface area contributed by atoms with Crippen molar-refractivity contribution in [2.75, 3.05) is 34.4 Å². The molecule has 0 saturated heterocycles. The van der Waals surface area contributed by atoms with E-state index in [2.05, 4.69) is 12.2 Å². The highest BCUT2D eigenvalue weighted by Crippen LogP contribution is 2.38. The van der Waals surface area contributed by atoms with Gasteiger partial charge in [0.15, 0.2) is 11.5 Å². The summed E-state index contributed by atoms with van der Waals surface area (Å²) in [6, 6.07) is 4.06. The number of benzene rings is 1. The van der Waals surface area contributed by atoms with Crippen molar-refractivity contribution in [2.24, 2.45) is 0 Å². The van der Waals surface area contributed by atoms with Crippen molar-refractivity contribution in [1.29, 1.82) is 0 Å². The summed E-state index contributed by atoms with van der Waals surface area (Å²) < 4.78 is 16.0. The lowest BCUT2D eigenvalue weighted by atomic mass is 10.1. The van der Waals surface area contributed by atoms with E-state index in [1.54, 1.807) is 21.3 Å². The zero-order chi connectivity index (χ0) is 14.8. The Morgan fingerprint density at radius 3 is 2.05 bits per heavy atom. The normalized spacial score (nSPS) is 10.4. The molecule has 1 N–H and O–H groups in total. The summed E-state index contributed by atoms with van der Waals surface area (Å²) in [6.45, 7) is 4.37. The number of nitrogens with one attached hydrogen (secondary N) is 1. The maximum absolute atomic E-state index is 5.36. The van der Waals surface area contributed by atoms with Crippen LogP contribution in [0.25, 0.3) is 0 Å². The molecule has 4 nitrogen and oxygen atoms in total. The van der Waals surface area contributed by atoms with Gasteiger partial charge in [0.05, 0.1) is 21.3 Å². The Bertz CT molecular complexity index is 368. The average molecular weight is 281 g/mol. The molecular weight excluding hydrogens is 254 g/mol. The predicted molar refractivity (Wildman–Crippen MR) is 82.2 cm³/mol. The van der Waals surface area contributed by atoms with Crippen LogP contribution in [-0.2, 0) is 6.42 Å². The largest absolute Gasteiger partial charge is 0.493 e. The van der Waals surface area contributed by atoms with Crippen LogP contribution in [0.4, 0.5) is 0 Å². The van der Waals surface area contributed by atoms with Crippen molar-refractivity contribution in [3.63, 3.8) is 0 Å². The van der Waals surface area contributed by atoms with Crippen molar-refractivity contribution >= 4 is 0 Å². The minimum absolute atomic E-state index is 0.656. The summed E-state index contributed by atoms with van der Waals surface area (Å²) in [5.74, 6) is 2.11. The monoisotopic (exact) mass is 281 g/mol. The third kappa shape index (κ3) is 4.93. The zero-order valence-corrected chi connectivity index (χ0v) is 13.1. The van der Waals surface area contributed by atoms with E-state index in [9.17, 15) is 0 Å². The SMILES string of the molecule is CCCNCCCCc1cc(OC)c(OC)c(OC)c1. The third-order valence-electron chi connectivity index (χ3n) is 3.22. The second-order valence-electron chi connectivity index (χ2n) is 4.74. The Morgan fingerprint density at radius 1 is 0.900 bits per heavy atom. The highest BCUT2D eigenvalue weighted by Gasteiger charge is 2.12. The summed E-state index contributed by atoms with van der Waals surface area (Å²) in [4.78, 5) is 0. The molecule has 0 bridgehead atoms. The van der Waals surface area contributed by atoms with Gasteiger partial charge in [0.2, 0.25) is 5.75 Å². The topological polar surface area (TPSA) is 39.7 Å². The quantitative estimate of drug-likeness (QED) is 0.669. The Labute approximate surface area is 122 Å². The molecule has 20 heavy (non-hydrogen) atoms. The van der Waals surface area contributed by atoms with Gasteiger partial charge >= 0.3 is 0 Å². The number of rotatable bonds is 10. The summed E-state index contributed by atoms with van der Waals surface area (Å²) in [5.41, 5.74) is 1.22. The number of ether oxygens (including phenoxy) is 3. The number of hydrogen-bond donors (Lipinski definition) is 1. The Morgan fingerprint density at radius 2 is 1.55 bits per heavy atom. The molecule has 0 fully saturated rings. The highest BCUT2D eigenvalue weighted by atomic mass is 16.5. The van der Waals surface area contributed by atoms with E-state index in [0.29, 0.717) is 5.75 Å². The molecule has 0 saturated carbocycles. The fraction of sp³-hybridized carbons (Fsp3) is 0.625. The molecule has 0 aliphatic carbocycles. The highest BCUT2D eigenvalue weighted by molar-refractivity contribution is 5.53. The van der Waals surface area contributed by atoms with E-state index in [4.69, 9.17) is 14.2 Å². The lowest BCUT2D eigenvalue weighted by Crippen LogP contribution is -2.15. The van der Waals surface area contributed by atoms with Gasteiger partial charge in [0.1, 0.15) is 0 Å². The Kier molecular flexibility index (Phi) is 7.88. The lowest BCUT2D eigenvalue weighted by Gasteiger charge is -2.14. The van der Waals surface area contributed by atoms with Crippen LogP contribution in [0.5, 0.6) is 17.2 Å². The maximum Gasteiger partial charge on any atom is 0.203 e. The first-order valence-corrected chi connectivity index (χ1v) is 7.26. The second-order valence-corrected chi connectivity index (χ2v) is 4.74. The first-order chi connectivity index (χ1) is 9.76. The molecular formula is C16H27NO3. The van der Waals surface area contributed by atoms with E-state index in [0.717, 1.165) is 37.4 Å². The minimum atomic E-state index is 0.656. The summed E-state index contributed by atoms with van der Waals surface area (Å²) in [5, 5.41) is 3.42. The summed E-state index contributed by atoms with van der Waals surface area (Å²) >= 11 is 0. The molecule has 0 atom stereocenters. The molecule has 1 aromatic carbocycles. The number of aryl methyl sites for hydroxylation is 1. The molecule has 0 aromatic heterocycles. The van der Waals surface area contributed by atoms with Crippen LogP contribution in [0.15, 0.2) is 12.1 Å². The lowest BCUT2D eigenvalue weighted by molar-refractivity contribution is 0.323. The van der Waals surface area contributed by atoms with Gasteiger partial charge in [0.25, 0.3) is 0 Å². The third-order valence-corrected chi connectivity index (χ3v) is 3.22. The first kappa shape index (κ1) is 16.6. The van der Waals surface area contributed by atoms with E-state index >= 15 is 0 Å². The van der Waals surface area contributed by atoms with Crippen LogP contribution in [-0.4, -0.2) is 34.4 Å². The summed E-state index contributed by atoms with van der Waals surface area (Å²) in [7, 11) is 4.92. The Balaban J connectivity index is 2.57. The van der Waals surface area contributed by atoms with Crippen LogP contribution in [0.2, 0.25) is 0 Å². The number of hydrogen-bond acceptors (Lipinski definition) is 4. The molecule has 4 heteroatoms. The summed E-state index contributed by atoms with van der Waals surface area (Å²) in [6.07, 6.45) is 4.53. The zero-order valence-electron chi connectivity index (χ0n) is 13.1. The minimum Gasteiger partial charge on any atom is -0.493 e. The van der Waals surface area contributed by atoms with Crippen molar-refractivity contribution in [1.82, 2.24) is 5.32 Å². The molecule has 0 aliphatic heterocycles. The molecule has 1 aromatic rings. The van der Waals surface area contributed by atoms with Crippen molar-refractivity contribution in [3.8, 4) is 17.2 Å². The van der Waals surface area contributed by atoms with Crippen LogP contribution in [0.3, 0.4) is 0 Å². The van der Waals surface area contributed by atoms with Crippen LogP contribution in [0.1, 0.15) is 31.7 Å². The molecule has 0 aliphatic rings. The van der Waals surface area contributed by atoms with E-state index in [1.807, 2.05) is 12.1 Å². The standard InChI is InChI=1S/C16H27NO3/c1-5-9-17-10-7-6-8-13-11-14(18-2)16(20-4)15(12-13)19-3/h11-12,17H,5-10H2,1-4H3. The molecule has 0 spiro atoms. The van der Waals surface area contributed by atoms with E-state index in [1.165, 1.54) is 18.4 Å². The number of unbranched alkanes of at least 4 members (excludes halogenated alkanes) is 1. The average Bonchev–Trinajstić information content (AvgIpc) is 2.49. The molecule has 114 valence electrons. The van der Waals surface area contributed by atoms with Gasteiger partial charge in [-0.05, 0) is 56.5 Å². The van der Waals surface area contributed by atoms with Gasteiger partial charge < -0.3 is 19.5 Å². The van der Waals surface area contributed by atoms with Gasteiger partial charge in [-0.1, -0.05) is 6.92 Å². The number of methoxy groups -OCH3 is 3. The van der Waals surface area contributed by atoms with Crippen LogP contribution >= 0.6 is 0 Å². The fourth-order valence-corrected chi connectivity index (χ4v) is 2.16. The smallest absolute Gasteiger partial charge is 0.203 e. The molecule has 0 amide bonds. The van der Waals surface area contributed by atoms with Gasteiger partial charge in [-0.3, -0.25) is 0 Å². The van der Waals surface area contributed by atoms with Gasteiger partial charge in [-0.25, -0.2) is 0 Å². The van der Waals surface area contributed by atoms with Crippen LogP contribution < -0.4 is 19.5 Å². The molecule has 0 heterocycles. The van der Waals surface area contributed by atoms with Gasteiger partial charge in [-0.15, -0.1) is 0 Å². The Hall–Kier alpha value is -1.42. The maximum atomic E-state index is 5.36. The molecule has 0 unspecified atom stereocenters. The van der Waals surface area contributed by atoms with Crippen LogP contribution in [0, 0.1) is 0 Å². The molecule has 0 radical (unpaired) electrons. The predicted octanol–water partition coefficient (Wildman–Crippen LogP) is 3.03. The fourth-order valence-electron chi connectivity index (χ4n) is 2.16.